The first-order valence-corrected chi connectivity index (χ1v) is 7.43. The van der Waals surface area contributed by atoms with Crippen LogP contribution in [0.25, 0.3) is 0 Å². The van der Waals surface area contributed by atoms with Crippen LogP contribution in [-0.2, 0) is 9.05 Å². The van der Waals surface area contributed by atoms with Gasteiger partial charge in [0.05, 0.1) is 18.1 Å². The Balaban J connectivity index is 2.39. The molecular weight excluding hydrogens is 264 g/mol. The molecule has 0 unspecified atom stereocenters. The van der Waals surface area contributed by atoms with Gasteiger partial charge < -0.3 is 9.47 Å². The summed E-state index contributed by atoms with van der Waals surface area (Å²) >= 11 is 0. The maximum absolute atomic E-state index is 11.2. The Morgan fingerprint density at radius 3 is 2.35 bits per heavy atom. The quantitative estimate of drug-likeness (QED) is 0.739. The Hall–Kier alpha value is -0.940. The molecule has 1 aliphatic heterocycles. The van der Waals surface area contributed by atoms with Crippen LogP contribution in [0, 0.1) is 5.41 Å². The van der Waals surface area contributed by atoms with Crippen molar-refractivity contribution < 1.29 is 17.9 Å². The highest BCUT2D eigenvalue weighted by Gasteiger charge is 2.26. The number of fused-ring (bicyclic) bond motifs is 1. The highest BCUT2D eigenvalue weighted by molar-refractivity contribution is 8.13. The van der Waals surface area contributed by atoms with Crippen LogP contribution in [0.5, 0.6) is 11.5 Å². The summed E-state index contributed by atoms with van der Waals surface area (Å²) in [6.45, 7) is 5.01. The van der Waals surface area contributed by atoms with Gasteiger partial charge in [-0.3, -0.25) is 0 Å². The van der Waals surface area contributed by atoms with E-state index < -0.39 is 9.05 Å². The zero-order chi connectivity index (χ0) is 12.7. The number of halogens is 1. The first-order valence-electron chi connectivity index (χ1n) is 5.12. The number of ether oxygens (including phenoxy) is 2. The van der Waals surface area contributed by atoms with Crippen LogP contribution < -0.4 is 9.47 Å². The van der Waals surface area contributed by atoms with Gasteiger partial charge in [-0.15, -0.1) is 0 Å². The molecule has 0 saturated heterocycles. The Morgan fingerprint density at radius 1 is 1.18 bits per heavy atom. The molecule has 0 radical (unpaired) electrons. The lowest BCUT2D eigenvalue weighted by atomic mass is 9.97. The van der Waals surface area contributed by atoms with Crippen LogP contribution in [0.15, 0.2) is 23.1 Å². The summed E-state index contributed by atoms with van der Waals surface area (Å²) in [5.74, 6) is 0.956. The molecule has 0 atom stereocenters. The van der Waals surface area contributed by atoms with Crippen LogP contribution in [0.3, 0.4) is 0 Å². The first kappa shape index (κ1) is 12.5. The third-order valence-corrected chi connectivity index (χ3v) is 3.79. The molecule has 4 nitrogen and oxygen atoms in total. The molecule has 0 spiro atoms. The van der Waals surface area contributed by atoms with E-state index >= 15 is 0 Å². The maximum atomic E-state index is 11.2. The van der Waals surface area contributed by atoms with Gasteiger partial charge in [0, 0.05) is 22.2 Å². The third kappa shape index (κ3) is 2.84. The van der Waals surface area contributed by atoms with Gasteiger partial charge in [-0.1, -0.05) is 13.8 Å². The SMILES string of the molecule is CC1(C)COc2ccc(S(=O)(=O)Cl)cc2OC1. The summed E-state index contributed by atoms with van der Waals surface area (Å²) < 4.78 is 33.5. The number of hydrogen-bond donors (Lipinski definition) is 0. The normalized spacial score (nSPS) is 18.5. The van der Waals surface area contributed by atoms with Crippen LogP contribution in [0.2, 0.25) is 0 Å². The molecule has 1 aromatic carbocycles. The molecule has 1 aromatic rings. The largest absolute Gasteiger partial charge is 0.489 e. The van der Waals surface area contributed by atoms with E-state index in [0.29, 0.717) is 24.7 Å². The Labute approximate surface area is 105 Å². The Morgan fingerprint density at radius 2 is 1.76 bits per heavy atom. The minimum Gasteiger partial charge on any atom is -0.489 e. The van der Waals surface area contributed by atoms with E-state index in [1.54, 1.807) is 6.07 Å². The van der Waals surface area contributed by atoms with Crippen molar-refractivity contribution in [3.05, 3.63) is 18.2 Å². The minimum atomic E-state index is -3.74. The summed E-state index contributed by atoms with van der Waals surface area (Å²) in [5.41, 5.74) is -0.112. The van der Waals surface area contributed by atoms with Crippen LogP contribution in [0.4, 0.5) is 0 Å². The molecule has 94 valence electrons. The lowest BCUT2D eigenvalue weighted by molar-refractivity contribution is 0.140. The highest BCUT2D eigenvalue weighted by Crippen LogP contribution is 2.35. The molecule has 0 amide bonds. The van der Waals surface area contributed by atoms with E-state index in [2.05, 4.69) is 0 Å². The molecule has 2 rings (SSSR count). The van der Waals surface area contributed by atoms with Gasteiger partial charge >= 0.3 is 0 Å². The highest BCUT2D eigenvalue weighted by atomic mass is 35.7. The fraction of sp³-hybridized carbons (Fsp3) is 0.455. The van der Waals surface area contributed by atoms with Crippen molar-refractivity contribution in [2.75, 3.05) is 13.2 Å². The first-order chi connectivity index (χ1) is 7.78. The summed E-state index contributed by atoms with van der Waals surface area (Å²) in [6, 6.07) is 4.36. The minimum absolute atomic E-state index is 0.0150. The number of benzene rings is 1. The van der Waals surface area contributed by atoms with Crippen LogP contribution in [-0.4, -0.2) is 21.6 Å². The summed E-state index contributed by atoms with van der Waals surface area (Å²) in [7, 11) is 1.53. The van der Waals surface area contributed by atoms with Crippen molar-refractivity contribution in [1.82, 2.24) is 0 Å². The fourth-order valence-electron chi connectivity index (χ4n) is 1.46. The van der Waals surface area contributed by atoms with Gasteiger partial charge in [-0.2, -0.15) is 0 Å². The van der Waals surface area contributed by atoms with Gasteiger partial charge in [0.1, 0.15) is 0 Å². The van der Waals surface area contributed by atoms with Crippen molar-refractivity contribution in [3.63, 3.8) is 0 Å². The van der Waals surface area contributed by atoms with E-state index in [9.17, 15) is 8.42 Å². The predicted octanol–water partition coefficient (Wildman–Crippen LogP) is 2.41. The molecule has 1 heterocycles. The average molecular weight is 277 g/mol. The number of hydrogen-bond acceptors (Lipinski definition) is 4. The third-order valence-electron chi connectivity index (χ3n) is 2.43. The van der Waals surface area contributed by atoms with Gasteiger partial charge in [0.2, 0.25) is 0 Å². The monoisotopic (exact) mass is 276 g/mol. The average Bonchev–Trinajstić information content (AvgIpc) is 2.36. The van der Waals surface area contributed by atoms with Crippen molar-refractivity contribution in [2.45, 2.75) is 18.7 Å². The molecule has 17 heavy (non-hydrogen) atoms. The summed E-state index contributed by atoms with van der Waals surface area (Å²) in [4.78, 5) is 0.0150. The molecule has 0 saturated carbocycles. The van der Waals surface area contributed by atoms with Crippen LogP contribution in [0.1, 0.15) is 13.8 Å². The second-order valence-electron chi connectivity index (χ2n) is 4.79. The van der Waals surface area contributed by atoms with E-state index in [-0.39, 0.29) is 10.3 Å². The van der Waals surface area contributed by atoms with E-state index in [1.165, 1.54) is 12.1 Å². The molecule has 0 fully saturated rings. The molecule has 6 heteroatoms. The van der Waals surface area contributed by atoms with E-state index in [0.717, 1.165) is 0 Å². The molecule has 0 aromatic heterocycles. The smallest absolute Gasteiger partial charge is 0.261 e. The van der Waals surface area contributed by atoms with Crippen molar-refractivity contribution >= 4 is 19.7 Å². The van der Waals surface area contributed by atoms with E-state index in [4.69, 9.17) is 20.2 Å². The Kier molecular flexibility index (Phi) is 2.99. The predicted molar refractivity (Wildman–Crippen MR) is 64.3 cm³/mol. The van der Waals surface area contributed by atoms with Gasteiger partial charge in [-0.05, 0) is 12.1 Å². The second kappa shape index (κ2) is 4.07. The zero-order valence-corrected chi connectivity index (χ0v) is 11.1. The van der Waals surface area contributed by atoms with Crippen LogP contribution >= 0.6 is 10.7 Å². The molecule has 1 aliphatic rings. The topological polar surface area (TPSA) is 52.6 Å². The van der Waals surface area contributed by atoms with Crippen molar-refractivity contribution in [2.24, 2.45) is 5.41 Å². The van der Waals surface area contributed by atoms with E-state index in [1.807, 2.05) is 13.8 Å². The fourth-order valence-corrected chi connectivity index (χ4v) is 2.23. The van der Waals surface area contributed by atoms with Crippen molar-refractivity contribution in [1.29, 1.82) is 0 Å². The van der Waals surface area contributed by atoms with Gasteiger partial charge in [0.15, 0.2) is 11.5 Å². The zero-order valence-electron chi connectivity index (χ0n) is 9.57. The lowest BCUT2D eigenvalue weighted by Crippen LogP contribution is -2.26. The number of rotatable bonds is 1. The standard InChI is InChI=1S/C11H13ClO4S/c1-11(2)6-15-9-4-3-8(17(12,13)14)5-10(9)16-7-11/h3-5H,6-7H2,1-2H3. The van der Waals surface area contributed by atoms with Crippen molar-refractivity contribution in [3.8, 4) is 11.5 Å². The van der Waals surface area contributed by atoms with Gasteiger partial charge in [-0.25, -0.2) is 8.42 Å². The second-order valence-corrected chi connectivity index (χ2v) is 7.35. The molecular formula is C11H13ClO4S. The maximum Gasteiger partial charge on any atom is 0.261 e. The molecule has 0 N–H and O–H groups in total. The molecule has 0 aliphatic carbocycles. The van der Waals surface area contributed by atoms with Gasteiger partial charge in [0.25, 0.3) is 9.05 Å². The summed E-state index contributed by atoms with van der Waals surface area (Å²) in [6.07, 6.45) is 0. The Bertz CT molecular complexity index is 536. The summed E-state index contributed by atoms with van der Waals surface area (Å²) in [5, 5.41) is 0. The lowest BCUT2D eigenvalue weighted by Gasteiger charge is -2.19. The molecule has 0 bridgehead atoms.